The molecular weight excluding hydrogens is 335 g/mol. The highest BCUT2D eigenvalue weighted by Gasteiger charge is 2.20. The zero-order valence-electron chi connectivity index (χ0n) is 11.3. The Labute approximate surface area is 136 Å². The molecular formula is C13H13Cl3N4O. The normalized spacial score (nSPS) is 11.0. The van der Waals surface area contributed by atoms with Gasteiger partial charge in [-0.15, -0.1) is 0 Å². The van der Waals surface area contributed by atoms with Gasteiger partial charge in [-0.05, 0) is 18.1 Å². The van der Waals surface area contributed by atoms with Crippen molar-refractivity contribution in [1.82, 2.24) is 10.2 Å². The third kappa shape index (κ3) is 3.26. The number of nitrogens with two attached hydrogens (primary N) is 1. The Hall–Kier alpha value is -1.43. The topological polar surface area (TPSA) is 83.8 Å². The second kappa shape index (κ2) is 6.13. The highest BCUT2D eigenvalue weighted by atomic mass is 35.5. The number of carbonyl (C=O) groups is 1. The Bertz CT molecular complexity index is 674. The minimum Gasteiger partial charge on any atom is -0.395 e. The Morgan fingerprint density at radius 3 is 2.33 bits per heavy atom. The van der Waals surface area contributed by atoms with E-state index in [1.54, 1.807) is 0 Å². The maximum absolute atomic E-state index is 12.2. The number of amides is 1. The number of nitrogen functional groups attached to an aromatic ring is 1. The van der Waals surface area contributed by atoms with Crippen LogP contribution >= 0.6 is 34.8 Å². The fourth-order valence-electron chi connectivity index (χ4n) is 1.81. The average molecular weight is 348 g/mol. The van der Waals surface area contributed by atoms with Crippen molar-refractivity contribution in [2.45, 2.75) is 19.8 Å². The maximum atomic E-state index is 12.2. The van der Waals surface area contributed by atoms with Crippen LogP contribution in [0.25, 0.3) is 0 Å². The molecule has 8 heteroatoms. The highest BCUT2D eigenvalue weighted by molar-refractivity contribution is 6.42. The number of aromatic nitrogens is 2. The van der Waals surface area contributed by atoms with Gasteiger partial charge in [-0.2, -0.15) is 5.10 Å². The van der Waals surface area contributed by atoms with E-state index >= 15 is 0 Å². The summed E-state index contributed by atoms with van der Waals surface area (Å²) in [6, 6.07) is 2.97. The number of nitrogens with zero attached hydrogens (tertiary/aromatic N) is 1. The molecule has 0 aliphatic rings. The van der Waals surface area contributed by atoms with Crippen molar-refractivity contribution in [2.75, 3.05) is 11.1 Å². The van der Waals surface area contributed by atoms with E-state index < -0.39 is 5.91 Å². The van der Waals surface area contributed by atoms with Gasteiger partial charge in [-0.25, -0.2) is 0 Å². The molecule has 1 aromatic carbocycles. The summed E-state index contributed by atoms with van der Waals surface area (Å²) in [6.07, 6.45) is 0. The lowest BCUT2D eigenvalue weighted by molar-refractivity contribution is 0.102. The smallest absolute Gasteiger partial charge is 0.278 e. The summed E-state index contributed by atoms with van der Waals surface area (Å²) >= 11 is 17.9. The van der Waals surface area contributed by atoms with E-state index in [4.69, 9.17) is 40.5 Å². The molecule has 5 nitrogen and oxygen atoms in total. The zero-order valence-corrected chi connectivity index (χ0v) is 13.6. The number of hydrogen-bond acceptors (Lipinski definition) is 3. The molecule has 0 atom stereocenters. The van der Waals surface area contributed by atoms with Gasteiger partial charge in [0.15, 0.2) is 5.69 Å². The monoisotopic (exact) mass is 346 g/mol. The number of carbonyl (C=O) groups excluding carboxylic acids is 1. The minimum atomic E-state index is -0.498. The van der Waals surface area contributed by atoms with Gasteiger partial charge in [0.1, 0.15) is 0 Å². The standard InChI is InChI=1S/C13H13Cl3N4O/c1-5(2)10-9(17)12(20-19-10)13(21)18-11-7(15)3-6(14)4-8(11)16/h3-5H,17H2,1-2H3,(H,18,21)(H,19,20). The molecule has 2 rings (SSSR count). The number of halogens is 3. The van der Waals surface area contributed by atoms with Gasteiger partial charge in [0.2, 0.25) is 0 Å². The van der Waals surface area contributed by atoms with Crippen LogP contribution in [0.4, 0.5) is 11.4 Å². The van der Waals surface area contributed by atoms with Crippen molar-refractivity contribution < 1.29 is 4.79 Å². The SMILES string of the molecule is CC(C)c1[nH]nc(C(=O)Nc2c(Cl)cc(Cl)cc2Cl)c1N. The molecule has 0 fully saturated rings. The van der Waals surface area contributed by atoms with Gasteiger partial charge in [-0.3, -0.25) is 9.89 Å². The Balaban J connectivity index is 2.31. The number of rotatable bonds is 3. The van der Waals surface area contributed by atoms with Gasteiger partial charge in [-0.1, -0.05) is 48.7 Å². The van der Waals surface area contributed by atoms with Crippen LogP contribution in [0.3, 0.4) is 0 Å². The number of nitrogens with one attached hydrogen (secondary N) is 2. The molecule has 112 valence electrons. The van der Waals surface area contributed by atoms with Gasteiger partial charge in [0, 0.05) is 5.02 Å². The molecule has 4 N–H and O–H groups in total. The fourth-order valence-corrected chi connectivity index (χ4v) is 2.72. The Kier molecular flexibility index (Phi) is 4.66. The van der Waals surface area contributed by atoms with Crippen LogP contribution in [-0.4, -0.2) is 16.1 Å². The lowest BCUT2D eigenvalue weighted by Crippen LogP contribution is -2.15. The molecule has 0 radical (unpaired) electrons. The lowest BCUT2D eigenvalue weighted by atomic mass is 10.1. The molecule has 1 amide bonds. The first-order chi connectivity index (χ1) is 9.81. The first-order valence-electron chi connectivity index (χ1n) is 6.11. The average Bonchev–Trinajstić information content (AvgIpc) is 2.75. The summed E-state index contributed by atoms with van der Waals surface area (Å²) in [6.45, 7) is 3.89. The second-order valence-electron chi connectivity index (χ2n) is 4.75. The third-order valence-electron chi connectivity index (χ3n) is 2.87. The molecule has 21 heavy (non-hydrogen) atoms. The van der Waals surface area contributed by atoms with E-state index in [2.05, 4.69) is 15.5 Å². The van der Waals surface area contributed by atoms with Gasteiger partial charge < -0.3 is 11.1 Å². The first kappa shape index (κ1) is 15.9. The largest absolute Gasteiger partial charge is 0.395 e. The van der Waals surface area contributed by atoms with Crippen molar-refractivity contribution in [2.24, 2.45) is 0 Å². The fraction of sp³-hybridized carbons (Fsp3) is 0.231. The van der Waals surface area contributed by atoms with E-state index in [0.29, 0.717) is 16.4 Å². The molecule has 1 aromatic heterocycles. The molecule has 0 spiro atoms. The highest BCUT2D eigenvalue weighted by Crippen LogP contribution is 2.34. The summed E-state index contributed by atoms with van der Waals surface area (Å²) in [5, 5.41) is 10.1. The van der Waals surface area contributed by atoms with Crippen LogP contribution in [0.15, 0.2) is 12.1 Å². The Morgan fingerprint density at radius 2 is 1.86 bits per heavy atom. The van der Waals surface area contributed by atoms with E-state index in [1.165, 1.54) is 12.1 Å². The second-order valence-corrected chi connectivity index (χ2v) is 6.00. The van der Waals surface area contributed by atoms with Crippen LogP contribution < -0.4 is 11.1 Å². The van der Waals surface area contributed by atoms with Crippen molar-refractivity contribution in [3.63, 3.8) is 0 Å². The molecule has 1 heterocycles. The van der Waals surface area contributed by atoms with Crippen LogP contribution in [0.1, 0.15) is 35.9 Å². The van der Waals surface area contributed by atoms with Crippen LogP contribution in [0.2, 0.25) is 15.1 Å². The van der Waals surface area contributed by atoms with Crippen LogP contribution in [-0.2, 0) is 0 Å². The van der Waals surface area contributed by atoms with Gasteiger partial charge >= 0.3 is 0 Å². The molecule has 0 aliphatic heterocycles. The summed E-state index contributed by atoms with van der Waals surface area (Å²) in [5.74, 6) is -0.372. The summed E-state index contributed by atoms with van der Waals surface area (Å²) in [5.41, 5.74) is 7.29. The summed E-state index contributed by atoms with van der Waals surface area (Å²) in [4.78, 5) is 12.2. The molecule has 0 bridgehead atoms. The van der Waals surface area contributed by atoms with Gasteiger partial charge in [0.05, 0.1) is 27.1 Å². The number of H-pyrrole nitrogens is 1. The quantitative estimate of drug-likeness (QED) is 0.772. The van der Waals surface area contributed by atoms with E-state index in [9.17, 15) is 4.79 Å². The van der Waals surface area contributed by atoms with E-state index in [-0.39, 0.29) is 27.3 Å². The van der Waals surface area contributed by atoms with E-state index in [1.807, 2.05) is 13.8 Å². The predicted octanol–water partition coefficient (Wildman–Crippen LogP) is 4.33. The van der Waals surface area contributed by atoms with Crippen LogP contribution in [0.5, 0.6) is 0 Å². The third-order valence-corrected chi connectivity index (χ3v) is 3.69. The van der Waals surface area contributed by atoms with Crippen molar-refractivity contribution in [1.29, 1.82) is 0 Å². The molecule has 0 unspecified atom stereocenters. The summed E-state index contributed by atoms with van der Waals surface area (Å²) < 4.78 is 0. The van der Waals surface area contributed by atoms with Gasteiger partial charge in [0.25, 0.3) is 5.91 Å². The predicted molar refractivity (Wildman–Crippen MR) is 86.5 cm³/mol. The van der Waals surface area contributed by atoms with Crippen molar-refractivity contribution >= 4 is 52.1 Å². The Morgan fingerprint density at radius 1 is 1.29 bits per heavy atom. The number of anilines is 2. The molecule has 0 aliphatic carbocycles. The number of aromatic amines is 1. The van der Waals surface area contributed by atoms with E-state index in [0.717, 1.165) is 0 Å². The number of benzene rings is 1. The first-order valence-corrected chi connectivity index (χ1v) is 7.24. The molecule has 0 saturated carbocycles. The summed E-state index contributed by atoms with van der Waals surface area (Å²) in [7, 11) is 0. The zero-order chi connectivity index (χ0) is 15.7. The number of hydrogen-bond donors (Lipinski definition) is 3. The maximum Gasteiger partial charge on any atom is 0.278 e. The van der Waals surface area contributed by atoms with Crippen molar-refractivity contribution in [3.05, 3.63) is 38.6 Å². The minimum absolute atomic E-state index is 0.0979. The van der Waals surface area contributed by atoms with Crippen LogP contribution in [0, 0.1) is 0 Å². The molecule has 2 aromatic rings. The molecule has 0 saturated heterocycles. The lowest BCUT2D eigenvalue weighted by Gasteiger charge is -2.09. The van der Waals surface area contributed by atoms with Crippen molar-refractivity contribution in [3.8, 4) is 0 Å².